The van der Waals surface area contributed by atoms with Gasteiger partial charge in [-0.1, -0.05) is 29.3 Å². The molecule has 4 nitrogen and oxygen atoms in total. The van der Waals surface area contributed by atoms with Crippen molar-refractivity contribution in [2.24, 2.45) is 5.73 Å². The lowest BCUT2D eigenvalue weighted by molar-refractivity contribution is 0.356. The topological polar surface area (TPSA) is 60.3 Å². The third kappa shape index (κ3) is 3.37. The molecule has 0 unspecified atom stereocenters. The number of aromatic amines is 1. The lowest BCUT2D eigenvalue weighted by atomic mass is 9.99. The highest BCUT2D eigenvalue weighted by molar-refractivity contribution is 6.40. The van der Waals surface area contributed by atoms with E-state index in [0.29, 0.717) is 28.1 Å². The van der Waals surface area contributed by atoms with Crippen molar-refractivity contribution in [2.45, 2.75) is 19.3 Å². The molecule has 1 heterocycles. The maximum absolute atomic E-state index is 6.52. The van der Waals surface area contributed by atoms with Gasteiger partial charge in [0.1, 0.15) is 0 Å². The minimum atomic E-state index is 0.637. The van der Waals surface area contributed by atoms with E-state index in [-0.39, 0.29) is 0 Å². The van der Waals surface area contributed by atoms with Crippen molar-refractivity contribution in [3.05, 3.63) is 45.9 Å². The zero-order valence-electron chi connectivity index (χ0n) is 14.9. The Balaban J connectivity index is 2.27. The Kier molecular flexibility index (Phi) is 5.97. The van der Waals surface area contributed by atoms with E-state index in [1.807, 2.05) is 24.3 Å². The van der Waals surface area contributed by atoms with E-state index in [4.69, 9.17) is 38.4 Å². The molecule has 0 saturated carbocycles. The molecule has 0 aliphatic rings. The second-order valence-corrected chi connectivity index (χ2v) is 6.86. The van der Waals surface area contributed by atoms with Crippen molar-refractivity contribution >= 4 is 34.1 Å². The van der Waals surface area contributed by atoms with Gasteiger partial charge in [0.05, 0.1) is 35.5 Å². The molecule has 3 N–H and O–H groups in total. The third-order valence-corrected chi connectivity index (χ3v) is 5.14. The van der Waals surface area contributed by atoms with Gasteiger partial charge in [-0.25, -0.2) is 0 Å². The first-order valence-electron chi connectivity index (χ1n) is 8.52. The van der Waals surface area contributed by atoms with Crippen LogP contribution in [0.25, 0.3) is 22.2 Å². The van der Waals surface area contributed by atoms with Crippen LogP contribution in [0.4, 0.5) is 0 Å². The van der Waals surface area contributed by atoms with Gasteiger partial charge in [0.25, 0.3) is 0 Å². The smallest absolute Gasteiger partial charge is 0.170 e. The molecule has 0 bridgehead atoms. The summed E-state index contributed by atoms with van der Waals surface area (Å²) in [6.07, 6.45) is 2.75. The van der Waals surface area contributed by atoms with Gasteiger partial charge in [0, 0.05) is 10.9 Å². The van der Waals surface area contributed by atoms with Crippen LogP contribution >= 0.6 is 23.2 Å². The predicted molar refractivity (Wildman–Crippen MR) is 109 cm³/mol. The zero-order valence-corrected chi connectivity index (χ0v) is 16.4. The maximum Gasteiger partial charge on any atom is 0.170 e. The molecule has 2 aromatic carbocycles. The summed E-state index contributed by atoms with van der Waals surface area (Å²) in [5.41, 5.74) is 9.49. The number of nitrogens with one attached hydrogen (secondary N) is 1. The summed E-state index contributed by atoms with van der Waals surface area (Å²) in [5, 5.41) is 2.27. The number of fused-ring (bicyclic) bond motifs is 1. The maximum atomic E-state index is 6.52. The summed E-state index contributed by atoms with van der Waals surface area (Å²) in [5.74, 6) is 1.35. The molecule has 1 aromatic heterocycles. The number of hydrogen-bond acceptors (Lipinski definition) is 3. The Hall–Kier alpha value is -1.88. The van der Waals surface area contributed by atoms with Gasteiger partial charge in [0.15, 0.2) is 11.5 Å². The summed E-state index contributed by atoms with van der Waals surface area (Å²) in [4.78, 5) is 3.46. The molecule has 3 aromatic rings. The van der Waals surface area contributed by atoms with Gasteiger partial charge >= 0.3 is 0 Å². The van der Waals surface area contributed by atoms with E-state index in [0.717, 1.165) is 47.0 Å². The number of hydrogen-bond donors (Lipinski definition) is 2. The van der Waals surface area contributed by atoms with Gasteiger partial charge in [-0.2, -0.15) is 0 Å². The number of H-pyrrole nitrogens is 1. The van der Waals surface area contributed by atoms with E-state index in [2.05, 4.69) is 4.98 Å². The lowest BCUT2D eigenvalue weighted by Crippen LogP contribution is -2.00. The number of methoxy groups -OCH3 is 2. The Morgan fingerprint density at radius 2 is 1.77 bits per heavy atom. The van der Waals surface area contributed by atoms with Crippen LogP contribution in [0.2, 0.25) is 10.0 Å². The van der Waals surface area contributed by atoms with E-state index in [1.54, 1.807) is 20.3 Å². The van der Waals surface area contributed by atoms with Crippen LogP contribution in [0.3, 0.4) is 0 Å². The minimum absolute atomic E-state index is 0.637. The molecule has 0 radical (unpaired) electrons. The SMILES string of the molecule is COc1cccc(-c2[nH]c3c(Cl)ccc(Cl)c3c2CCCCN)c1OC. The lowest BCUT2D eigenvalue weighted by Gasteiger charge is -2.13. The normalized spacial score (nSPS) is 11.1. The van der Waals surface area contributed by atoms with Crippen LogP contribution in [0.5, 0.6) is 11.5 Å². The van der Waals surface area contributed by atoms with E-state index < -0.39 is 0 Å². The molecule has 0 saturated heterocycles. The number of rotatable bonds is 7. The largest absolute Gasteiger partial charge is 0.493 e. The van der Waals surface area contributed by atoms with Crippen LogP contribution in [0.15, 0.2) is 30.3 Å². The van der Waals surface area contributed by atoms with E-state index >= 15 is 0 Å². The molecule has 6 heteroatoms. The number of aryl methyl sites for hydroxylation is 1. The second-order valence-electron chi connectivity index (χ2n) is 6.04. The number of halogens is 2. The first-order valence-corrected chi connectivity index (χ1v) is 9.28. The quantitative estimate of drug-likeness (QED) is 0.526. The molecule has 26 heavy (non-hydrogen) atoms. The highest BCUT2D eigenvalue weighted by Crippen LogP contribution is 2.43. The van der Waals surface area contributed by atoms with Gasteiger partial charge in [-0.15, -0.1) is 0 Å². The number of benzene rings is 2. The fraction of sp³-hybridized carbons (Fsp3) is 0.300. The van der Waals surface area contributed by atoms with Gasteiger partial charge < -0.3 is 20.2 Å². The average molecular weight is 393 g/mol. The van der Waals surface area contributed by atoms with Crippen molar-refractivity contribution in [1.29, 1.82) is 0 Å². The summed E-state index contributed by atoms with van der Waals surface area (Å²) < 4.78 is 11.1. The van der Waals surface area contributed by atoms with Crippen LogP contribution < -0.4 is 15.2 Å². The number of ether oxygens (including phenoxy) is 2. The number of nitrogens with two attached hydrogens (primary N) is 1. The summed E-state index contributed by atoms with van der Waals surface area (Å²) >= 11 is 13.0. The monoisotopic (exact) mass is 392 g/mol. The molecule has 0 atom stereocenters. The van der Waals surface area contributed by atoms with Crippen molar-refractivity contribution < 1.29 is 9.47 Å². The number of unbranched alkanes of at least 4 members (excludes halogenated alkanes) is 1. The molecule has 0 amide bonds. The molecular weight excluding hydrogens is 371 g/mol. The van der Waals surface area contributed by atoms with Crippen molar-refractivity contribution in [2.75, 3.05) is 20.8 Å². The second kappa shape index (κ2) is 8.21. The fourth-order valence-corrected chi connectivity index (χ4v) is 3.78. The molecule has 0 fully saturated rings. The van der Waals surface area contributed by atoms with Crippen LogP contribution in [0.1, 0.15) is 18.4 Å². The molecular formula is C20H22Cl2N2O2. The average Bonchev–Trinajstić information content (AvgIpc) is 3.05. The molecule has 138 valence electrons. The zero-order chi connectivity index (χ0) is 18.7. The molecule has 0 spiro atoms. The molecule has 0 aliphatic carbocycles. The molecule has 0 aliphatic heterocycles. The van der Waals surface area contributed by atoms with Crippen molar-refractivity contribution in [3.63, 3.8) is 0 Å². The summed E-state index contributed by atoms with van der Waals surface area (Å²) in [7, 11) is 3.26. The first kappa shape index (κ1) is 18.9. The van der Waals surface area contributed by atoms with Gasteiger partial charge in [-0.3, -0.25) is 0 Å². The number of para-hydroxylation sites is 1. The third-order valence-electron chi connectivity index (χ3n) is 4.51. The van der Waals surface area contributed by atoms with Gasteiger partial charge in [-0.05, 0) is 55.6 Å². The van der Waals surface area contributed by atoms with Crippen molar-refractivity contribution in [3.8, 4) is 22.8 Å². The first-order chi connectivity index (χ1) is 12.6. The van der Waals surface area contributed by atoms with Crippen LogP contribution in [0, 0.1) is 0 Å². The fourth-order valence-electron chi connectivity index (χ4n) is 3.30. The number of aromatic nitrogens is 1. The predicted octanol–water partition coefficient (Wildman–Crippen LogP) is 5.44. The van der Waals surface area contributed by atoms with Crippen LogP contribution in [-0.2, 0) is 6.42 Å². The Morgan fingerprint density at radius 1 is 1.00 bits per heavy atom. The van der Waals surface area contributed by atoms with E-state index in [1.165, 1.54) is 0 Å². The Morgan fingerprint density at radius 3 is 2.46 bits per heavy atom. The van der Waals surface area contributed by atoms with Crippen molar-refractivity contribution in [1.82, 2.24) is 4.98 Å². The summed E-state index contributed by atoms with van der Waals surface area (Å²) in [6.45, 7) is 0.661. The minimum Gasteiger partial charge on any atom is -0.493 e. The van der Waals surface area contributed by atoms with E-state index in [9.17, 15) is 0 Å². The Labute approximate surface area is 163 Å². The summed E-state index contributed by atoms with van der Waals surface area (Å²) in [6, 6.07) is 9.45. The highest BCUT2D eigenvalue weighted by atomic mass is 35.5. The molecule has 3 rings (SSSR count). The highest BCUT2D eigenvalue weighted by Gasteiger charge is 2.21. The van der Waals surface area contributed by atoms with Crippen LogP contribution in [-0.4, -0.2) is 25.7 Å². The Bertz CT molecular complexity index is 922. The standard InChI is InChI=1S/C20H22Cl2N2O2/c1-25-16-8-5-7-13(20(16)26-2)18-12(6-3-4-11-23)17-14(21)9-10-15(22)19(17)24-18/h5,7-10,24H,3-4,6,11,23H2,1-2H3. The van der Waals surface area contributed by atoms with Gasteiger partial charge in [0.2, 0.25) is 0 Å².